The first-order valence-corrected chi connectivity index (χ1v) is 6.62. The van der Waals surface area contributed by atoms with E-state index in [4.69, 9.17) is 0 Å². The average Bonchev–Trinajstić information content (AvgIpc) is 2.41. The third-order valence-electron chi connectivity index (χ3n) is 3.40. The maximum Gasteiger partial charge on any atom is 0.224 e. The number of carbonyl (C=O) groups excluding carboxylic acids is 1. The number of piperidine rings is 1. The zero-order chi connectivity index (χ0) is 12.8. The maximum atomic E-state index is 12.1. The quantitative estimate of drug-likeness (QED) is 0.878. The molecule has 1 aliphatic rings. The number of nitrogens with zero attached hydrogens (tertiary/aromatic N) is 2. The molecule has 0 spiro atoms. The van der Waals surface area contributed by atoms with Crippen molar-refractivity contribution < 1.29 is 4.79 Å². The molecule has 1 aromatic rings. The van der Waals surface area contributed by atoms with Gasteiger partial charge in [0.15, 0.2) is 0 Å². The van der Waals surface area contributed by atoms with Gasteiger partial charge >= 0.3 is 0 Å². The number of rotatable bonds is 4. The largest absolute Gasteiger partial charge is 0.341 e. The minimum atomic E-state index is 0.207. The van der Waals surface area contributed by atoms with Gasteiger partial charge in [-0.05, 0) is 31.0 Å². The van der Waals surface area contributed by atoms with Crippen LogP contribution in [0, 0.1) is 0 Å². The van der Waals surface area contributed by atoms with E-state index in [1.54, 1.807) is 11.1 Å². The molecule has 18 heavy (non-hydrogen) atoms. The Morgan fingerprint density at radius 3 is 3.11 bits per heavy atom. The predicted octanol–water partition coefficient (Wildman–Crippen LogP) is 1.57. The lowest BCUT2D eigenvalue weighted by Gasteiger charge is -2.25. The maximum absolute atomic E-state index is 12.1. The van der Waals surface area contributed by atoms with Crippen LogP contribution in [0.4, 0.5) is 0 Å². The lowest BCUT2D eigenvalue weighted by atomic mass is 10.0. The fraction of sp³-hybridized carbons (Fsp3) is 0.571. The standard InChI is InChI=1S/C14H21N3O/c1-17(11-12-5-4-7-15-10-12)14(18)9-13-6-2-3-8-16-13/h4-5,7,10,13,16H,2-3,6,8-9,11H2,1H3. The van der Waals surface area contributed by atoms with Gasteiger partial charge in [0.1, 0.15) is 0 Å². The summed E-state index contributed by atoms with van der Waals surface area (Å²) in [7, 11) is 1.86. The monoisotopic (exact) mass is 247 g/mol. The number of hydrogen-bond donors (Lipinski definition) is 1. The minimum absolute atomic E-state index is 0.207. The Labute approximate surface area is 108 Å². The van der Waals surface area contributed by atoms with E-state index < -0.39 is 0 Å². The number of carbonyl (C=O) groups is 1. The van der Waals surface area contributed by atoms with Crippen LogP contribution in [0.15, 0.2) is 24.5 Å². The molecule has 0 bridgehead atoms. The van der Waals surface area contributed by atoms with Crippen molar-refractivity contribution in [3.63, 3.8) is 0 Å². The topological polar surface area (TPSA) is 45.2 Å². The van der Waals surface area contributed by atoms with E-state index in [2.05, 4.69) is 10.3 Å². The van der Waals surface area contributed by atoms with Gasteiger partial charge in [-0.15, -0.1) is 0 Å². The number of amides is 1. The second-order valence-electron chi connectivity index (χ2n) is 4.96. The van der Waals surface area contributed by atoms with Gasteiger partial charge < -0.3 is 10.2 Å². The van der Waals surface area contributed by atoms with E-state index in [1.165, 1.54) is 12.8 Å². The van der Waals surface area contributed by atoms with Crippen LogP contribution in [-0.4, -0.2) is 35.4 Å². The van der Waals surface area contributed by atoms with Crippen LogP contribution in [0.1, 0.15) is 31.2 Å². The van der Waals surface area contributed by atoms with Crippen molar-refractivity contribution in [3.05, 3.63) is 30.1 Å². The Kier molecular flexibility index (Phi) is 4.70. The van der Waals surface area contributed by atoms with E-state index in [9.17, 15) is 4.79 Å². The molecule has 1 fully saturated rings. The number of nitrogens with one attached hydrogen (secondary N) is 1. The molecule has 98 valence electrons. The summed E-state index contributed by atoms with van der Waals surface area (Å²) in [5, 5.41) is 3.41. The summed E-state index contributed by atoms with van der Waals surface area (Å²) < 4.78 is 0. The number of hydrogen-bond acceptors (Lipinski definition) is 3. The zero-order valence-corrected chi connectivity index (χ0v) is 10.9. The normalized spacial score (nSPS) is 19.5. The lowest BCUT2D eigenvalue weighted by molar-refractivity contribution is -0.131. The van der Waals surface area contributed by atoms with Crippen LogP contribution < -0.4 is 5.32 Å². The molecule has 1 atom stereocenters. The molecular formula is C14H21N3O. The highest BCUT2D eigenvalue weighted by Crippen LogP contribution is 2.12. The highest BCUT2D eigenvalue weighted by Gasteiger charge is 2.18. The van der Waals surface area contributed by atoms with Crippen molar-refractivity contribution in [2.75, 3.05) is 13.6 Å². The molecule has 0 aliphatic carbocycles. The van der Waals surface area contributed by atoms with Crippen molar-refractivity contribution in [3.8, 4) is 0 Å². The molecule has 2 rings (SSSR count). The summed E-state index contributed by atoms with van der Waals surface area (Å²) in [6.07, 6.45) is 7.75. The molecule has 1 aromatic heterocycles. The van der Waals surface area contributed by atoms with Crippen molar-refractivity contribution in [1.29, 1.82) is 0 Å². The van der Waals surface area contributed by atoms with Crippen molar-refractivity contribution in [2.45, 2.75) is 38.3 Å². The first-order valence-electron chi connectivity index (χ1n) is 6.62. The molecule has 2 heterocycles. The molecular weight excluding hydrogens is 226 g/mol. The van der Waals surface area contributed by atoms with Gasteiger partial charge in [0.25, 0.3) is 0 Å². The molecule has 1 aliphatic heterocycles. The van der Waals surface area contributed by atoms with Crippen molar-refractivity contribution in [2.24, 2.45) is 0 Å². The van der Waals surface area contributed by atoms with Crippen molar-refractivity contribution >= 4 is 5.91 Å². The second kappa shape index (κ2) is 6.50. The zero-order valence-electron chi connectivity index (χ0n) is 10.9. The van der Waals surface area contributed by atoms with Gasteiger partial charge in [-0.1, -0.05) is 12.5 Å². The molecule has 1 N–H and O–H groups in total. The number of pyridine rings is 1. The summed E-state index contributed by atoms with van der Waals surface area (Å²) in [5.74, 6) is 0.207. The molecule has 1 amide bonds. The summed E-state index contributed by atoms with van der Waals surface area (Å²) in [6.45, 7) is 1.68. The van der Waals surface area contributed by atoms with Gasteiger partial charge in [0.2, 0.25) is 5.91 Å². The van der Waals surface area contributed by atoms with Crippen LogP contribution in [0.3, 0.4) is 0 Å². The first-order chi connectivity index (χ1) is 8.75. The van der Waals surface area contributed by atoms with E-state index >= 15 is 0 Å². The summed E-state index contributed by atoms with van der Waals surface area (Å²) in [4.78, 5) is 17.9. The molecule has 4 heteroatoms. The summed E-state index contributed by atoms with van der Waals surface area (Å²) in [5.41, 5.74) is 1.07. The molecule has 0 aromatic carbocycles. The van der Waals surface area contributed by atoms with E-state index in [-0.39, 0.29) is 5.91 Å². The smallest absolute Gasteiger partial charge is 0.224 e. The highest BCUT2D eigenvalue weighted by atomic mass is 16.2. The van der Waals surface area contributed by atoms with E-state index in [0.717, 1.165) is 18.5 Å². The summed E-state index contributed by atoms with van der Waals surface area (Å²) in [6, 6.07) is 4.26. The third kappa shape index (κ3) is 3.81. The third-order valence-corrected chi connectivity index (χ3v) is 3.40. The Hall–Kier alpha value is -1.42. The minimum Gasteiger partial charge on any atom is -0.341 e. The van der Waals surface area contributed by atoms with E-state index in [0.29, 0.717) is 19.0 Å². The average molecular weight is 247 g/mol. The molecule has 1 unspecified atom stereocenters. The summed E-state index contributed by atoms with van der Waals surface area (Å²) >= 11 is 0. The Bertz CT molecular complexity index is 374. The SMILES string of the molecule is CN(Cc1cccnc1)C(=O)CC1CCCCN1. The Morgan fingerprint density at radius 2 is 2.44 bits per heavy atom. The fourth-order valence-electron chi connectivity index (χ4n) is 2.32. The van der Waals surface area contributed by atoms with Crippen LogP contribution in [0.25, 0.3) is 0 Å². The first kappa shape index (κ1) is 13.0. The molecule has 0 saturated carbocycles. The highest BCUT2D eigenvalue weighted by molar-refractivity contribution is 5.76. The molecule has 1 saturated heterocycles. The van der Waals surface area contributed by atoms with Gasteiger partial charge in [-0.25, -0.2) is 0 Å². The Balaban J connectivity index is 1.81. The van der Waals surface area contributed by atoms with Crippen LogP contribution in [0.2, 0.25) is 0 Å². The van der Waals surface area contributed by atoms with Gasteiger partial charge in [0.05, 0.1) is 0 Å². The van der Waals surface area contributed by atoms with E-state index in [1.807, 2.05) is 25.4 Å². The fourth-order valence-corrected chi connectivity index (χ4v) is 2.32. The van der Waals surface area contributed by atoms with Gasteiger partial charge in [-0.2, -0.15) is 0 Å². The second-order valence-corrected chi connectivity index (χ2v) is 4.96. The molecule has 0 radical (unpaired) electrons. The number of aromatic nitrogens is 1. The van der Waals surface area contributed by atoms with Crippen molar-refractivity contribution in [1.82, 2.24) is 15.2 Å². The predicted molar refractivity (Wildman–Crippen MR) is 71.0 cm³/mol. The lowest BCUT2D eigenvalue weighted by Crippen LogP contribution is -2.39. The van der Waals surface area contributed by atoms with Crippen LogP contribution in [0.5, 0.6) is 0 Å². The Morgan fingerprint density at radius 1 is 1.56 bits per heavy atom. The molecule has 4 nitrogen and oxygen atoms in total. The van der Waals surface area contributed by atoms with Crippen LogP contribution in [-0.2, 0) is 11.3 Å². The van der Waals surface area contributed by atoms with Gasteiger partial charge in [-0.3, -0.25) is 9.78 Å². The van der Waals surface area contributed by atoms with Gasteiger partial charge in [0, 0.05) is 38.4 Å². The van der Waals surface area contributed by atoms with Crippen LogP contribution >= 0.6 is 0 Å².